The summed E-state index contributed by atoms with van der Waals surface area (Å²) in [5.41, 5.74) is 9.33. The van der Waals surface area contributed by atoms with Crippen molar-refractivity contribution in [2.45, 2.75) is 6.92 Å². The van der Waals surface area contributed by atoms with Gasteiger partial charge in [0.05, 0.1) is 16.7 Å². The zero-order valence-corrected chi connectivity index (χ0v) is 29.2. The van der Waals surface area contributed by atoms with Crippen LogP contribution >= 0.6 is 0 Å². The highest BCUT2D eigenvalue weighted by molar-refractivity contribution is 6.16. The average molecular weight is 692 g/mol. The molecule has 0 N–H and O–H groups in total. The second-order valence-electron chi connectivity index (χ2n) is 14.2. The molecule has 0 radical (unpaired) electrons. The minimum atomic E-state index is 0.667. The van der Waals surface area contributed by atoms with Gasteiger partial charge in [-0.25, -0.2) is 9.97 Å². The highest BCUT2D eigenvalue weighted by atomic mass is 16.3. The van der Waals surface area contributed by atoms with Gasteiger partial charge in [0, 0.05) is 49.0 Å². The van der Waals surface area contributed by atoms with Crippen molar-refractivity contribution in [3.8, 4) is 28.5 Å². The van der Waals surface area contributed by atoms with Crippen molar-refractivity contribution in [2.75, 3.05) is 0 Å². The van der Waals surface area contributed by atoms with Crippen LogP contribution in [0.5, 0.6) is 0 Å². The van der Waals surface area contributed by atoms with E-state index in [2.05, 4.69) is 151 Å². The van der Waals surface area contributed by atoms with Crippen molar-refractivity contribution >= 4 is 87.2 Å². The predicted octanol–water partition coefficient (Wildman–Crippen LogP) is 13.3. The third-order valence-electron chi connectivity index (χ3n) is 11.1. The molecule has 0 atom stereocenters. The molecule has 4 aromatic heterocycles. The lowest BCUT2D eigenvalue weighted by molar-refractivity contribution is 0.664. The largest absolute Gasteiger partial charge is 0.456 e. The van der Waals surface area contributed by atoms with Crippen LogP contribution in [0, 0.1) is 6.92 Å². The fraction of sp³-hybridized carbons (Fsp3) is 0.0204. The van der Waals surface area contributed by atoms with E-state index in [1.165, 1.54) is 26.9 Å². The first-order valence-corrected chi connectivity index (χ1v) is 18.2. The second kappa shape index (κ2) is 10.9. The van der Waals surface area contributed by atoms with E-state index in [9.17, 15) is 0 Å². The van der Waals surface area contributed by atoms with E-state index in [0.717, 1.165) is 88.5 Å². The summed E-state index contributed by atoms with van der Waals surface area (Å²) in [5, 5.41) is 11.3. The Morgan fingerprint density at radius 3 is 1.83 bits per heavy atom. The number of furan rings is 2. The van der Waals surface area contributed by atoms with E-state index in [1.807, 2.05) is 18.2 Å². The minimum absolute atomic E-state index is 0.667. The molecule has 4 heterocycles. The van der Waals surface area contributed by atoms with Gasteiger partial charge in [0.2, 0.25) is 0 Å². The molecule has 0 amide bonds. The van der Waals surface area contributed by atoms with Crippen molar-refractivity contribution in [3.05, 3.63) is 163 Å². The van der Waals surface area contributed by atoms with Gasteiger partial charge < -0.3 is 8.83 Å². The van der Waals surface area contributed by atoms with E-state index in [0.29, 0.717) is 5.82 Å². The van der Waals surface area contributed by atoms with E-state index >= 15 is 0 Å². The number of rotatable bonds is 3. The molecule has 8 aromatic carbocycles. The van der Waals surface area contributed by atoms with Gasteiger partial charge in [-0.05, 0) is 83.1 Å². The number of hydrogen-bond donors (Lipinski definition) is 0. The van der Waals surface area contributed by atoms with E-state index in [-0.39, 0.29) is 0 Å². The van der Waals surface area contributed by atoms with Gasteiger partial charge in [0.1, 0.15) is 28.1 Å². The molecule has 252 valence electrons. The lowest BCUT2D eigenvalue weighted by atomic mass is 10.0. The first kappa shape index (κ1) is 29.3. The molecule has 0 spiro atoms. The molecular formula is C49H29N3O2. The molecule has 12 aromatic rings. The van der Waals surface area contributed by atoms with Crippen LogP contribution in [0.2, 0.25) is 0 Å². The maximum Gasteiger partial charge on any atom is 0.162 e. The molecule has 12 rings (SSSR count). The predicted molar refractivity (Wildman–Crippen MR) is 222 cm³/mol. The summed E-state index contributed by atoms with van der Waals surface area (Å²) in [7, 11) is 0. The summed E-state index contributed by atoms with van der Waals surface area (Å²) in [6, 6.07) is 55.4. The topological polar surface area (TPSA) is 57.0 Å². The molecule has 0 unspecified atom stereocenters. The zero-order chi connectivity index (χ0) is 35.5. The van der Waals surface area contributed by atoms with Crippen LogP contribution in [0.15, 0.2) is 167 Å². The Balaban J connectivity index is 1.13. The first-order valence-electron chi connectivity index (χ1n) is 18.2. The van der Waals surface area contributed by atoms with Crippen LogP contribution in [0.4, 0.5) is 0 Å². The molecule has 0 saturated carbocycles. The maximum atomic E-state index is 6.61. The summed E-state index contributed by atoms with van der Waals surface area (Å²) in [6.07, 6.45) is 0. The molecule has 54 heavy (non-hydrogen) atoms. The fourth-order valence-corrected chi connectivity index (χ4v) is 8.49. The Labute approximate surface area is 308 Å². The van der Waals surface area contributed by atoms with Gasteiger partial charge in [-0.1, -0.05) is 103 Å². The molecule has 5 heteroatoms. The van der Waals surface area contributed by atoms with Gasteiger partial charge in [-0.2, -0.15) is 0 Å². The van der Waals surface area contributed by atoms with Crippen molar-refractivity contribution < 1.29 is 8.83 Å². The van der Waals surface area contributed by atoms with Crippen molar-refractivity contribution in [2.24, 2.45) is 0 Å². The smallest absolute Gasteiger partial charge is 0.162 e. The molecule has 0 saturated heterocycles. The number of hydrogen-bond acceptors (Lipinski definition) is 4. The number of para-hydroxylation sites is 2. The number of nitrogens with zero attached hydrogens (tertiary/aromatic N) is 3. The summed E-state index contributed by atoms with van der Waals surface area (Å²) in [6.45, 7) is 2.14. The Bertz CT molecular complexity index is 3530. The summed E-state index contributed by atoms with van der Waals surface area (Å²) >= 11 is 0. The Hall–Kier alpha value is -7.24. The van der Waals surface area contributed by atoms with E-state index in [1.54, 1.807) is 0 Å². The van der Waals surface area contributed by atoms with Gasteiger partial charge in [-0.3, -0.25) is 4.57 Å². The SMILES string of the molecule is Cc1c(-c2ccc3c(c2)oc2cc4c(cc23)oc2ccccc24)nc(-c2ccc3ccccc3c2)nc1-n1c2ccccc2c2cc3ccccc3cc21. The van der Waals surface area contributed by atoms with Gasteiger partial charge in [0.15, 0.2) is 5.82 Å². The van der Waals surface area contributed by atoms with Crippen LogP contribution in [-0.2, 0) is 0 Å². The van der Waals surface area contributed by atoms with Gasteiger partial charge >= 0.3 is 0 Å². The van der Waals surface area contributed by atoms with Crippen molar-refractivity contribution in [1.82, 2.24) is 14.5 Å². The van der Waals surface area contributed by atoms with Crippen LogP contribution in [0.1, 0.15) is 5.56 Å². The van der Waals surface area contributed by atoms with Crippen LogP contribution in [0.25, 0.3) is 116 Å². The van der Waals surface area contributed by atoms with Gasteiger partial charge in [-0.15, -0.1) is 0 Å². The minimum Gasteiger partial charge on any atom is -0.456 e. The monoisotopic (exact) mass is 691 g/mol. The fourth-order valence-electron chi connectivity index (χ4n) is 8.49. The lowest BCUT2D eigenvalue weighted by Gasteiger charge is -2.16. The van der Waals surface area contributed by atoms with E-state index in [4.69, 9.17) is 18.8 Å². The van der Waals surface area contributed by atoms with E-state index < -0.39 is 0 Å². The third kappa shape index (κ3) is 4.21. The Morgan fingerprint density at radius 2 is 1.02 bits per heavy atom. The Kier molecular flexibility index (Phi) is 5.92. The lowest BCUT2D eigenvalue weighted by Crippen LogP contribution is -2.06. The van der Waals surface area contributed by atoms with Gasteiger partial charge in [0.25, 0.3) is 0 Å². The second-order valence-corrected chi connectivity index (χ2v) is 14.2. The standard InChI is InChI=1S/C49H29N3O2/c1-28-47(33-20-21-37-40-27-45-39(26-46(40)54-44(37)25-33)36-15-7-9-17-43(36)53-45)50-48(34-19-18-29-10-2-3-11-30(29)22-34)51-49(28)52-41-16-8-6-14-35(41)38-23-31-12-4-5-13-32(31)24-42(38)52/h2-27H,1H3. The molecule has 0 fully saturated rings. The van der Waals surface area contributed by atoms with Crippen molar-refractivity contribution in [1.29, 1.82) is 0 Å². The van der Waals surface area contributed by atoms with Crippen molar-refractivity contribution in [3.63, 3.8) is 0 Å². The summed E-state index contributed by atoms with van der Waals surface area (Å²) in [5.74, 6) is 1.52. The molecule has 0 aliphatic heterocycles. The molecular weight excluding hydrogens is 663 g/mol. The summed E-state index contributed by atoms with van der Waals surface area (Å²) < 4.78 is 15.2. The number of benzene rings is 8. The normalized spacial score (nSPS) is 12.2. The number of aromatic nitrogens is 3. The average Bonchev–Trinajstić information content (AvgIpc) is 3.87. The molecule has 0 bridgehead atoms. The third-order valence-corrected chi connectivity index (χ3v) is 11.1. The highest BCUT2D eigenvalue weighted by Gasteiger charge is 2.22. The first-order chi connectivity index (χ1) is 26.6. The van der Waals surface area contributed by atoms with Crippen LogP contribution in [-0.4, -0.2) is 14.5 Å². The number of fused-ring (bicyclic) bond motifs is 11. The maximum absolute atomic E-state index is 6.61. The quantitative estimate of drug-likeness (QED) is 0.185. The van der Waals surface area contributed by atoms with Crippen LogP contribution < -0.4 is 0 Å². The molecule has 0 aliphatic carbocycles. The Morgan fingerprint density at radius 1 is 0.407 bits per heavy atom. The summed E-state index contributed by atoms with van der Waals surface area (Å²) in [4.78, 5) is 10.8. The molecule has 0 aliphatic rings. The highest BCUT2D eigenvalue weighted by Crippen LogP contribution is 2.41. The van der Waals surface area contributed by atoms with Crippen LogP contribution in [0.3, 0.4) is 0 Å². The zero-order valence-electron chi connectivity index (χ0n) is 29.2. The molecule has 5 nitrogen and oxygen atoms in total.